The Balaban J connectivity index is 3.08. The first-order chi connectivity index (χ1) is 8.44. The van der Waals surface area contributed by atoms with Crippen LogP contribution in [-0.4, -0.2) is 21.9 Å². The standard InChI is InChI=1S/C15H24O3/c1-5-15(17,6-2)14(16)12-9-7-8-10-13(12)18-11(3)4/h7-11,14,16-17H,5-6H2,1-4H3. The van der Waals surface area contributed by atoms with Crippen molar-refractivity contribution in [3.8, 4) is 5.75 Å². The van der Waals surface area contributed by atoms with Gasteiger partial charge in [-0.2, -0.15) is 0 Å². The van der Waals surface area contributed by atoms with Gasteiger partial charge >= 0.3 is 0 Å². The minimum atomic E-state index is -1.10. The number of aliphatic hydroxyl groups is 2. The highest BCUT2D eigenvalue weighted by Gasteiger charge is 2.34. The van der Waals surface area contributed by atoms with Gasteiger partial charge in [-0.25, -0.2) is 0 Å². The molecular weight excluding hydrogens is 228 g/mol. The number of aliphatic hydroxyl groups excluding tert-OH is 1. The molecule has 0 saturated carbocycles. The average molecular weight is 252 g/mol. The SMILES string of the molecule is CCC(O)(CC)C(O)c1ccccc1OC(C)C. The third kappa shape index (κ3) is 3.24. The Labute approximate surface area is 109 Å². The molecular formula is C15H24O3. The van der Waals surface area contributed by atoms with Crippen LogP contribution in [0.3, 0.4) is 0 Å². The van der Waals surface area contributed by atoms with Crippen LogP contribution in [0.2, 0.25) is 0 Å². The molecule has 1 aromatic carbocycles. The van der Waals surface area contributed by atoms with E-state index in [4.69, 9.17) is 4.74 Å². The summed E-state index contributed by atoms with van der Waals surface area (Å²) in [6, 6.07) is 7.34. The molecule has 0 fully saturated rings. The number of ether oxygens (including phenoxy) is 1. The van der Waals surface area contributed by atoms with Crippen molar-refractivity contribution in [1.29, 1.82) is 0 Å². The molecule has 1 rings (SSSR count). The van der Waals surface area contributed by atoms with Crippen LogP contribution in [-0.2, 0) is 0 Å². The molecule has 3 heteroatoms. The van der Waals surface area contributed by atoms with Gasteiger partial charge in [-0.3, -0.25) is 0 Å². The van der Waals surface area contributed by atoms with Crippen LogP contribution >= 0.6 is 0 Å². The summed E-state index contributed by atoms with van der Waals surface area (Å²) in [7, 11) is 0. The van der Waals surface area contributed by atoms with Crippen LogP contribution in [0, 0.1) is 0 Å². The summed E-state index contributed by atoms with van der Waals surface area (Å²) in [5.74, 6) is 0.639. The van der Waals surface area contributed by atoms with Gasteiger partial charge in [0.05, 0.1) is 11.7 Å². The van der Waals surface area contributed by atoms with E-state index in [-0.39, 0.29) is 6.10 Å². The summed E-state index contributed by atoms with van der Waals surface area (Å²) in [5.41, 5.74) is -0.450. The molecule has 0 saturated heterocycles. The molecule has 0 aliphatic rings. The van der Waals surface area contributed by atoms with Crippen LogP contribution in [0.1, 0.15) is 52.2 Å². The highest BCUT2D eigenvalue weighted by atomic mass is 16.5. The number of hydrogen-bond acceptors (Lipinski definition) is 3. The van der Waals surface area contributed by atoms with Gasteiger partial charge < -0.3 is 14.9 Å². The van der Waals surface area contributed by atoms with Crippen molar-refractivity contribution in [3.05, 3.63) is 29.8 Å². The van der Waals surface area contributed by atoms with E-state index in [0.29, 0.717) is 24.2 Å². The molecule has 1 aromatic rings. The second kappa shape index (κ2) is 6.21. The number of hydrogen-bond donors (Lipinski definition) is 2. The van der Waals surface area contributed by atoms with Gasteiger partial charge in [0.1, 0.15) is 11.9 Å². The second-order valence-electron chi connectivity index (χ2n) is 4.92. The Hall–Kier alpha value is -1.06. The van der Waals surface area contributed by atoms with E-state index >= 15 is 0 Å². The Morgan fingerprint density at radius 2 is 1.72 bits per heavy atom. The molecule has 0 aliphatic carbocycles. The Morgan fingerprint density at radius 3 is 2.22 bits per heavy atom. The smallest absolute Gasteiger partial charge is 0.125 e. The number of benzene rings is 1. The van der Waals surface area contributed by atoms with E-state index in [0.717, 1.165) is 0 Å². The summed E-state index contributed by atoms with van der Waals surface area (Å²) in [4.78, 5) is 0. The minimum Gasteiger partial charge on any atom is -0.491 e. The van der Waals surface area contributed by atoms with Crippen molar-refractivity contribution in [2.75, 3.05) is 0 Å². The summed E-state index contributed by atoms with van der Waals surface area (Å²) < 4.78 is 5.68. The van der Waals surface area contributed by atoms with Gasteiger partial charge in [0.15, 0.2) is 0 Å². The zero-order valence-electron chi connectivity index (χ0n) is 11.7. The van der Waals surface area contributed by atoms with E-state index in [2.05, 4.69) is 0 Å². The fourth-order valence-electron chi connectivity index (χ4n) is 1.99. The molecule has 18 heavy (non-hydrogen) atoms. The fraction of sp³-hybridized carbons (Fsp3) is 0.600. The lowest BCUT2D eigenvalue weighted by Crippen LogP contribution is -2.35. The summed E-state index contributed by atoms with van der Waals surface area (Å²) in [5, 5.41) is 20.8. The molecule has 0 bridgehead atoms. The van der Waals surface area contributed by atoms with Gasteiger partial charge in [0.2, 0.25) is 0 Å². The lowest BCUT2D eigenvalue weighted by molar-refractivity contribution is -0.0831. The highest BCUT2D eigenvalue weighted by molar-refractivity contribution is 5.36. The van der Waals surface area contributed by atoms with Gasteiger partial charge in [-0.05, 0) is 32.8 Å². The lowest BCUT2D eigenvalue weighted by atomic mass is 9.86. The predicted octanol–water partition coefficient (Wildman–Crippen LogP) is 3.06. The Bertz CT molecular complexity index is 370. The molecule has 0 amide bonds. The molecule has 1 unspecified atom stereocenters. The monoisotopic (exact) mass is 252 g/mol. The quantitative estimate of drug-likeness (QED) is 0.818. The van der Waals surface area contributed by atoms with Crippen molar-refractivity contribution in [3.63, 3.8) is 0 Å². The first kappa shape index (κ1) is 15.0. The third-order valence-electron chi connectivity index (χ3n) is 3.31. The van der Waals surface area contributed by atoms with Crippen molar-refractivity contribution in [2.45, 2.75) is 58.3 Å². The zero-order chi connectivity index (χ0) is 13.8. The molecule has 2 N–H and O–H groups in total. The van der Waals surface area contributed by atoms with Crippen LogP contribution in [0.25, 0.3) is 0 Å². The largest absolute Gasteiger partial charge is 0.491 e. The molecule has 0 spiro atoms. The molecule has 0 aliphatic heterocycles. The lowest BCUT2D eigenvalue weighted by Gasteiger charge is -2.32. The van der Waals surface area contributed by atoms with Crippen LogP contribution in [0.5, 0.6) is 5.75 Å². The first-order valence-electron chi connectivity index (χ1n) is 6.60. The number of rotatable bonds is 6. The van der Waals surface area contributed by atoms with Crippen molar-refractivity contribution in [1.82, 2.24) is 0 Å². The molecule has 102 valence electrons. The van der Waals surface area contributed by atoms with Crippen molar-refractivity contribution in [2.24, 2.45) is 0 Å². The predicted molar refractivity (Wildman–Crippen MR) is 72.7 cm³/mol. The minimum absolute atomic E-state index is 0.0368. The maximum absolute atomic E-state index is 10.4. The molecule has 0 aromatic heterocycles. The van der Waals surface area contributed by atoms with E-state index in [1.165, 1.54) is 0 Å². The average Bonchev–Trinajstić information content (AvgIpc) is 2.37. The fourth-order valence-corrected chi connectivity index (χ4v) is 1.99. The molecule has 0 radical (unpaired) electrons. The zero-order valence-corrected chi connectivity index (χ0v) is 11.7. The second-order valence-corrected chi connectivity index (χ2v) is 4.92. The van der Waals surface area contributed by atoms with Gasteiger partial charge in [0, 0.05) is 5.56 Å². The van der Waals surface area contributed by atoms with E-state index in [9.17, 15) is 10.2 Å². The normalized spacial score (nSPS) is 13.7. The van der Waals surface area contributed by atoms with Gasteiger partial charge in [0.25, 0.3) is 0 Å². The van der Waals surface area contributed by atoms with E-state index in [1.807, 2.05) is 45.9 Å². The Morgan fingerprint density at radius 1 is 1.17 bits per heavy atom. The third-order valence-corrected chi connectivity index (χ3v) is 3.31. The highest BCUT2D eigenvalue weighted by Crippen LogP contribution is 2.36. The molecule has 0 heterocycles. The van der Waals surface area contributed by atoms with Crippen molar-refractivity contribution < 1.29 is 14.9 Å². The van der Waals surface area contributed by atoms with Crippen molar-refractivity contribution >= 4 is 0 Å². The maximum Gasteiger partial charge on any atom is 0.125 e. The van der Waals surface area contributed by atoms with Crippen LogP contribution in [0.15, 0.2) is 24.3 Å². The van der Waals surface area contributed by atoms with E-state index < -0.39 is 11.7 Å². The van der Waals surface area contributed by atoms with Gasteiger partial charge in [-0.1, -0.05) is 32.0 Å². The summed E-state index contributed by atoms with van der Waals surface area (Å²) in [6.07, 6.45) is 0.110. The topological polar surface area (TPSA) is 49.7 Å². The Kier molecular flexibility index (Phi) is 5.17. The van der Waals surface area contributed by atoms with Crippen LogP contribution in [0.4, 0.5) is 0 Å². The van der Waals surface area contributed by atoms with Gasteiger partial charge in [-0.15, -0.1) is 0 Å². The maximum atomic E-state index is 10.4. The van der Waals surface area contributed by atoms with E-state index in [1.54, 1.807) is 6.07 Å². The molecule has 1 atom stereocenters. The number of para-hydroxylation sites is 1. The first-order valence-corrected chi connectivity index (χ1v) is 6.60. The summed E-state index contributed by atoms with van der Waals surface area (Å²) >= 11 is 0. The van der Waals surface area contributed by atoms with Crippen LogP contribution < -0.4 is 4.74 Å². The molecule has 3 nitrogen and oxygen atoms in total. The summed E-state index contributed by atoms with van der Waals surface area (Å²) in [6.45, 7) is 7.63.